The van der Waals surface area contributed by atoms with Crippen LogP contribution in [-0.2, 0) is 0 Å². The van der Waals surface area contributed by atoms with Gasteiger partial charge in [-0.2, -0.15) is 0 Å². The monoisotopic (exact) mass is 1280 g/mol. The molecule has 0 spiro atoms. The molecule has 0 bridgehead atoms. The summed E-state index contributed by atoms with van der Waals surface area (Å²) in [4.78, 5) is 0. The van der Waals surface area contributed by atoms with Crippen LogP contribution in [0.3, 0.4) is 0 Å². The van der Waals surface area contributed by atoms with Gasteiger partial charge < -0.3 is 9.13 Å². The number of nitrogens with zero attached hydrogens (tertiary/aromatic N) is 2. The van der Waals surface area contributed by atoms with Crippen molar-refractivity contribution in [2.24, 2.45) is 0 Å². The number of fused-ring (bicyclic) bond motifs is 18. The molecule has 0 N–H and O–H groups in total. The Morgan fingerprint density at radius 3 is 1.09 bits per heavy atom. The van der Waals surface area contributed by atoms with E-state index in [-0.39, 0.29) is 0 Å². The summed E-state index contributed by atoms with van der Waals surface area (Å²) >= 11 is 3.76. The van der Waals surface area contributed by atoms with E-state index in [9.17, 15) is 0 Å². The van der Waals surface area contributed by atoms with Crippen LogP contribution in [0.15, 0.2) is 279 Å². The molecule has 0 saturated carbocycles. The third kappa shape index (κ3) is 8.38. The molecule has 0 fully saturated rings. The van der Waals surface area contributed by atoms with E-state index in [1.54, 1.807) is 10.4 Å². The summed E-state index contributed by atoms with van der Waals surface area (Å²) in [7, 11) is -3.11. The van der Waals surface area contributed by atoms with Gasteiger partial charge in [-0.05, 0) is 229 Å². The molecule has 18 aromatic rings. The smallest absolute Gasteiger partial charge is 0.113 e. The average Bonchev–Trinajstić information content (AvgIpc) is 1.60. The van der Waals surface area contributed by atoms with Crippen molar-refractivity contribution < 1.29 is 0 Å². The highest BCUT2D eigenvalue weighted by molar-refractivity contribution is 7.26. The fourth-order valence-electron chi connectivity index (χ4n) is 16.6. The van der Waals surface area contributed by atoms with Crippen molar-refractivity contribution >= 4 is 144 Å². The summed E-state index contributed by atoms with van der Waals surface area (Å²) < 4.78 is 10.3. The second-order valence-electron chi connectivity index (χ2n) is 27.4. The fraction of sp³-hybridized carbons (Fsp3) is 0.0562. The molecule has 14 aromatic carbocycles. The molecule has 1 atom stereocenters. The minimum absolute atomic E-state index is 1.15. The summed E-state index contributed by atoms with van der Waals surface area (Å²) in [6.07, 6.45) is 0. The summed E-state index contributed by atoms with van der Waals surface area (Å²) in [5, 5.41) is 16.4. The van der Waals surface area contributed by atoms with Crippen LogP contribution in [0.2, 0.25) is 19.6 Å². The summed E-state index contributed by atoms with van der Waals surface area (Å²) in [6.45, 7) is 11.9. The van der Waals surface area contributed by atoms with Crippen LogP contribution >= 0.6 is 22.7 Å². The number of hydrogen-bond acceptors (Lipinski definition) is 2. The number of rotatable bonds is 7. The lowest BCUT2D eigenvalue weighted by atomic mass is 9.97. The van der Waals surface area contributed by atoms with Gasteiger partial charge in [0.15, 0.2) is 0 Å². The van der Waals surface area contributed by atoms with E-state index in [0.717, 1.165) is 11.4 Å². The van der Waals surface area contributed by atoms with E-state index < -0.39 is 16.9 Å². The second kappa shape index (κ2) is 20.5. The average molecular weight is 1280 g/mol. The van der Waals surface area contributed by atoms with Gasteiger partial charge in [0.05, 0.1) is 22.1 Å². The van der Waals surface area contributed by atoms with Crippen LogP contribution in [0, 0.1) is 13.8 Å². The first-order chi connectivity index (χ1) is 46.5. The Balaban J connectivity index is 0.734. The molecule has 6 heterocycles. The Kier molecular flexibility index (Phi) is 11.9. The highest BCUT2D eigenvalue weighted by Gasteiger charge is 2.37. The highest BCUT2D eigenvalue weighted by Crippen LogP contribution is 2.45. The van der Waals surface area contributed by atoms with Crippen LogP contribution in [0.1, 0.15) is 11.1 Å². The molecule has 0 aliphatic carbocycles. The molecule has 4 aromatic heterocycles. The van der Waals surface area contributed by atoms with Gasteiger partial charge in [0.1, 0.15) is 16.9 Å². The molecule has 448 valence electrons. The van der Waals surface area contributed by atoms with Crippen LogP contribution in [0.5, 0.6) is 0 Å². The van der Waals surface area contributed by atoms with Gasteiger partial charge >= 0.3 is 0 Å². The van der Waals surface area contributed by atoms with E-state index >= 15 is 0 Å². The van der Waals surface area contributed by atoms with Crippen LogP contribution in [0.4, 0.5) is 0 Å². The molecule has 0 radical (unpaired) electrons. The lowest BCUT2D eigenvalue weighted by Gasteiger charge is -2.19. The van der Waals surface area contributed by atoms with Crippen molar-refractivity contribution in [2.75, 3.05) is 0 Å². The standard InChI is InChI=1S/C89H62N2S2Si2/c1-52-14-38-82-74(42-52)76-48-60(26-40-84(76)92-82)58-24-36-80-72(46-58)70-44-56(22-34-78(70)90(80)64-28-16-54(17-29-64)62-20-32-67-66-10-6-8-12-86(66)94(3)87(67)50-62)57-23-35-79-71(45-57)73-47-59(61-27-41-85-77(49-61)75-43-53(2)15-39-83(75)93-85)25-37-81(73)91(79)65-30-18-55(19-31-65)63-21-33-69-68-11-7-9-13-88(68)95(4,5)89(69)51-63/h6-51,94H,1-5H3. The zero-order valence-electron chi connectivity index (χ0n) is 53.3. The van der Waals surface area contributed by atoms with Crippen molar-refractivity contribution in [3.8, 4) is 89.3 Å². The molecule has 0 amide bonds. The zero-order valence-corrected chi connectivity index (χ0v) is 57.1. The van der Waals surface area contributed by atoms with Crippen molar-refractivity contribution in [1.82, 2.24) is 9.13 Å². The topological polar surface area (TPSA) is 9.86 Å². The van der Waals surface area contributed by atoms with Gasteiger partial charge in [-0.1, -0.05) is 194 Å². The third-order valence-electron chi connectivity index (χ3n) is 21.5. The Hall–Kier alpha value is -10.4. The lowest BCUT2D eigenvalue weighted by Crippen LogP contribution is -2.49. The minimum Gasteiger partial charge on any atom is -0.309 e. The maximum absolute atomic E-state index is 2.51. The van der Waals surface area contributed by atoms with Crippen LogP contribution < -0.4 is 20.7 Å². The maximum atomic E-state index is 2.51. The molecule has 2 nitrogen and oxygen atoms in total. The second-order valence-corrected chi connectivity index (χ2v) is 36.5. The van der Waals surface area contributed by atoms with Crippen LogP contribution in [0.25, 0.3) is 173 Å². The van der Waals surface area contributed by atoms with E-state index in [4.69, 9.17) is 0 Å². The first-order valence-corrected chi connectivity index (χ1v) is 40.2. The van der Waals surface area contributed by atoms with Gasteiger partial charge in [0.25, 0.3) is 0 Å². The Labute approximate surface area is 562 Å². The van der Waals surface area contributed by atoms with Gasteiger partial charge in [0.2, 0.25) is 0 Å². The predicted molar refractivity (Wildman–Crippen MR) is 417 cm³/mol. The van der Waals surface area contributed by atoms with Crippen molar-refractivity contribution in [3.05, 3.63) is 290 Å². The molecular formula is C89H62N2S2Si2. The number of benzene rings is 14. The molecule has 1 unspecified atom stereocenters. The Morgan fingerprint density at radius 2 is 0.611 bits per heavy atom. The molecule has 2 aliphatic heterocycles. The SMILES string of the molecule is Cc1ccc2sc3ccc(-c4ccc5c(c4)c4cc(-c6ccc7c(c6)c6cc(-c8ccc9sc%10ccc(C)cc%10c9c8)ccc6n7-c6ccc(-c7ccc8c(c7)[Si](C)(C)c7ccccc7-8)cc6)ccc4n5-c4ccc(-c5ccc6c(c5)[SiH](C)c5ccccc5-6)cc4)cc3c2c1. The summed E-state index contributed by atoms with van der Waals surface area (Å²) in [5.41, 5.74) is 27.6. The quantitative estimate of drug-likeness (QED) is 0.141. The predicted octanol–water partition coefficient (Wildman–Crippen LogP) is 22.3. The minimum atomic E-state index is -1.84. The van der Waals surface area contributed by atoms with Gasteiger partial charge in [0, 0.05) is 73.3 Å². The lowest BCUT2D eigenvalue weighted by molar-refractivity contribution is 1.18. The van der Waals surface area contributed by atoms with Gasteiger partial charge in [-0.15, -0.1) is 22.7 Å². The summed E-state index contributed by atoms with van der Waals surface area (Å²) in [6, 6.07) is 108. The van der Waals surface area contributed by atoms with E-state index in [0.29, 0.717) is 0 Å². The molecule has 6 heteroatoms. The number of hydrogen-bond donors (Lipinski definition) is 0. The summed E-state index contributed by atoms with van der Waals surface area (Å²) in [5.74, 6) is 0. The molecule has 0 saturated heterocycles. The zero-order chi connectivity index (χ0) is 63.1. The fourth-order valence-corrected chi connectivity index (χ4v) is 24.4. The van der Waals surface area contributed by atoms with Crippen molar-refractivity contribution in [2.45, 2.75) is 33.5 Å². The Bertz CT molecular complexity index is 6350. The number of aryl methyl sites for hydroxylation is 2. The first-order valence-electron chi connectivity index (χ1n) is 33.2. The normalized spacial score (nSPS) is 13.9. The van der Waals surface area contributed by atoms with Crippen molar-refractivity contribution in [1.29, 1.82) is 0 Å². The van der Waals surface area contributed by atoms with E-state index in [1.807, 2.05) is 22.7 Å². The van der Waals surface area contributed by atoms with Gasteiger partial charge in [-0.25, -0.2) is 0 Å². The maximum Gasteiger partial charge on any atom is 0.113 e. The molecule has 2 aliphatic rings. The van der Waals surface area contributed by atoms with E-state index in [1.165, 1.54) is 183 Å². The number of thiophene rings is 2. The molecule has 95 heavy (non-hydrogen) atoms. The highest BCUT2D eigenvalue weighted by atomic mass is 32.1. The first kappa shape index (κ1) is 55.0. The number of aromatic nitrogens is 2. The molecular weight excluding hydrogens is 1220 g/mol. The molecule has 20 rings (SSSR count). The largest absolute Gasteiger partial charge is 0.309 e. The third-order valence-corrected chi connectivity index (χ3v) is 30.2. The Morgan fingerprint density at radius 1 is 0.274 bits per heavy atom. The van der Waals surface area contributed by atoms with Gasteiger partial charge in [-0.3, -0.25) is 0 Å². The van der Waals surface area contributed by atoms with E-state index in [2.05, 4.69) is 322 Å². The van der Waals surface area contributed by atoms with Crippen molar-refractivity contribution in [3.63, 3.8) is 0 Å². The van der Waals surface area contributed by atoms with Crippen LogP contribution in [-0.4, -0.2) is 26.0 Å².